The Kier molecular flexibility index (Phi) is 5.44. The second-order valence-electron chi connectivity index (χ2n) is 6.22. The van der Waals surface area contributed by atoms with Crippen molar-refractivity contribution in [1.29, 1.82) is 0 Å². The van der Waals surface area contributed by atoms with Crippen molar-refractivity contribution in [2.45, 2.75) is 12.2 Å². The first-order valence-electron chi connectivity index (χ1n) is 8.05. The number of pyridine rings is 1. The molecule has 0 aliphatic rings. The molecule has 1 heterocycles. The molecule has 0 saturated heterocycles. The minimum absolute atomic E-state index is 0.0403. The number of nitrogens with one attached hydrogen (secondary N) is 1. The van der Waals surface area contributed by atoms with Crippen molar-refractivity contribution >= 4 is 38.0 Å². The minimum atomic E-state index is -3.03. The first kappa shape index (κ1) is 18.6. The van der Waals surface area contributed by atoms with E-state index in [4.69, 9.17) is 11.6 Å². The molecule has 2 aromatic carbocycles. The van der Waals surface area contributed by atoms with Crippen LogP contribution >= 0.6 is 11.6 Å². The Morgan fingerprint density at radius 3 is 2.46 bits per heavy atom. The first-order chi connectivity index (χ1) is 12.3. The Morgan fingerprint density at radius 1 is 1.08 bits per heavy atom. The molecule has 0 aliphatic heterocycles. The fraction of sp³-hybridized carbons (Fsp3) is 0.211. The zero-order chi connectivity index (χ0) is 18.7. The topological polar surface area (TPSA) is 59.1 Å². The number of anilines is 1. The maximum absolute atomic E-state index is 13.5. The number of hydrogen-bond donors (Lipinski definition) is 1. The van der Waals surface area contributed by atoms with Crippen molar-refractivity contribution in [3.8, 4) is 0 Å². The van der Waals surface area contributed by atoms with E-state index in [2.05, 4.69) is 10.3 Å². The van der Waals surface area contributed by atoms with Gasteiger partial charge in [0.15, 0.2) is 9.84 Å². The van der Waals surface area contributed by atoms with Gasteiger partial charge in [-0.2, -0.15) is 0 Å². The molecule has 136 valence electrons. The van der Waals surface area contributed by atoms with Gasteiger partial charge in [0.2, 0.25) is 0 Å². The molecule has 1 N–H and O–H groups in total. The fourth-order valence-electron chi connectivity index (χ4n) is 2.76. The molecule has 0 spiro atoms. The highest BCUT2D eigenvalue weighted by atomic mass is 35.5. The van der Waals surface area contributed by atoms with E-state index in [1.54, 1.807) is 12.1 Å². The van der Waals surface area contributed by atoms with E-state index in [0.29, 0.717) is 22.6 Å². The van der Waals surface area contributed by atoms with Gasteiger partial charge in [0.05, 0.1) is 11.3 Å². The van der Waals surface area contributed by atoms with Crippen LogP contribution in [-0.2, 0) is 22.0 Å². The number of fused-ring (bicyclic) bond motifs is 1. The highest BCUT2D eigenvalue weighted by Crippen LogP contribution is 2.26. The van der Waals surface area contributed by atoms with E-state index in [1.165, 1.54) is 18.4 Å². The van der Waals surface area contributed by atoms with Gasteiger partial charge in [-0.15, -0.1) is 0 Å². The Labute approximate surface area is 156 Å². The summed E-state index contributed by atoms with van der Waals surface area (Å²) in [5.74, 6) is -0.287. The Morgan fingerprint density at radius 2 is 1.77 bits per heavy atom. The van der Waals surface area contributed by atoms with E-state index in [1.807, 2.05) is 24.3 Å². The maximum atomic E-state index is 13.5. The number of rotatable bonds is 6. The molecule has 0 fully saturated rings. The lowest BCUT2D eigenvalue weighted by Crippen LogP contribution is -2.06. The van der Waals surface area contributed by atoms with E-state index < -0.39 is 9.84 Å². The summed E-state index contributed by atoms with van der Waals surface area (Å²) < 4.78 is 36.2. The standard InChI is InChI=1S/C19H18ClFN2O2S/c1-26(24,25)12-14-4-2-13(3-5-14)8-9-22-18-11-19(20)23-17-7-6-15(21)10-16(17)18/h2-7,10-11H,8-9,12H2,1H3,(H,22,23). The number of benzene rings is 2. The van der Waals surface area contributed by atoms with Crippen LogP contribution in [-0.4, -0.2) is 26.2 Å². The van der Waals surface area contributed by atoms with Crippen molar-refractivity contribution in [3.05, 3.63) is 70.6 Å². The van der Waals surface area contributed by atoms with Crippen LogP contribution in [0, 0.1) is 5.82 Å². The summed E-state index contributed by atoms with van der Waals surface area (Å²) >= 11 is 6.04. The third-order valence-electron chi connectivity index (χ3n) is 3.92. The molecule has 3 rings (SSSR count). The van der Waals surface area contributed by atoms with E-state index in [0.717, 1.165) is 23.2 Å². The SMILES string of the molecule is CS(=O)(=O)Cc1ccc(CCNc2cc(Cl)nc3ccc(F)cc23)cc1. The largest absolute Gasteiger partial charge is 0.384 e. The summed E-state index contributed by atoms with van der Waals surface area (Å²) in [5, 5.41) is 4.29. The average molecular weight is 393 g/mol. The summed E-state index contributed by atoms with van der Waals surface area (Å²) in [4.78, 5) is 4.19. The predicted octanol–water partition coefficient (Wildman–Crippen LogP) is 4.23. The third kappa shape index (κ3) is 4.93. The van der Waals surface area contributed by atoms with Gasteiger partial charge in [0.25, 0.3) is 0 Å². The number of aromatic nitrogens is 1. The molecule has 26 heavy (non-hydrogen) atoms. The Bertz CT molecular complexity index is 1040. The number of hydrogen-bond acceptors (Lipinski definition) is 4. The van der Waals surface area contributed by atoms with Crippen LogP contribution in [0.4, 0.5) is 10.1 Å². The van der Waals surface area contributed by atoms with Crippen LogP contribution < -0.4 is 5.32 Å². The smallest absolute Gasteiger partial charge is 0.151 e. The molecule has 1 aromatic heterocycles. The van der Waals surface area contributed by atoms with Gasteiger partial charge >= 0.3 is 0 Å². The Balaban J connectivity index is 1.68. The van der Waals surface area contributed by atoms with Gasteiger partial charge in [-0.3, -0.25) is 0 Å². The maximum Gasteiger partial charge on any atom is 0.151 e. The van der Waals surface area contributed by atoms with Crippen molar-refractivity contribution in [2.75, 3.05) is 18.1 Å². The van der Waals surface area contributed by atoms with Crippen LogP contribution in [0.2, 0.25) is 5.15 Å². The minimum Gasteiger partial charge on any atom is -0.384 e. The highest BCUT2D eigenvalue weighted by Gasteiger charge is 2.07. The molecule has 0 saturated carbocycles. The van der Waals surface area contributed by atoms with Crippen molar-refractivity contribution in [2.24, 2.45) is 0 Å². The molecule has 0 atom stereocenters. The van der Waals surface area contributed by atoms with Crippen molar-refractivity contribution < 1.29 is 12.8 Å². The highest BCUT2D eigenvalue weighted by molar-refractivity contribution is 7.89. The van der Waals surface area contributed by atoms with Gasteiger partial charge in [-0.1, -0.05) is 35.9 Å². The summed E-state index contributed by atoms with van der Waals surface area (Å²) in [6, 6.07) is 13.5. The number of sulfone groups is 1. The van der Waals surface area contributed by atoms with Gasteiger partial charge in [-0.05, 0) is 41.8 Å². The summed E-state index contributed by atoms with van der Waals surface area (Å²) in [5.41, 5.74) is 3.21. The van der Waals surface area contributed by atoms with Crippen LogP contribution in [0.15, 0.2) is 48.5 Å². The van der Waals surface area contributed by atoms with Crippen LogP contribution in [0.3, 0.4) is 0 Å². The molecule has 0 aliphatic carbocycles. The molecular formula is C19H18ClFN2O2S. The molecule has 0 bridgehead atoms. The van der Waals surface area contributed by atoms with Gasteiger partial charge in [0, 0.05) is 23.9 Å². The lowest BCUT2D eigenvalue weighted by atomic mass is 10.1. The lowest BCUT2D eigenvalue weighted by molar-refractivity contribution is 0.601. The normalized spacial score (nSPS) is 11.7. The number of halogens is 2. The second-order valence-corrected chi connectivity index (χ2v) is 8.74. The van der Waals surface area contributed by atoms with E-state index in [9.17, 15) is 12.8 Å². The average Bonchev–Trinajstić information content (AvgIpc) is 2.55. The second kappa shape index (κ2) is 7.60. The van der Waals surface area contributed by atoms with Crippen molar-refractivity contribution in [3.63, 3.8) is 0 Å². The molecule has 7 heteroatoms. The first-order valence-corrected chi connectivity index (χ1v) is 10.5. The molecule has 3 aromatic rings. The lowest BCUT2D eigenvalue weighted by Gasteiger charge is -2.11. The summed E-state index contributed by atoms with van der Waals surface area (Å²) in [7, 11) is -3.03. The summed E-state index contributed by atoms with van der Waals surface area (Å²) in [6.45, 7) is 0.622. The van der Waals surface area contributed by atoms with Gasteiger partial charge in [0.1, 0.15) is 11.0 Å². The van der Waals surface area contributed by atoms with E-state index in [-0.39, 0.29) is 11.6 Å². The fourth-order valence-corrected chi connectivity index (χ4v) is 3.76. The Hall–Kier alpha value is -2.18. The monoisotopic (exact) mass is 392 g/mol. The molecular weight excluding hydrogens is 375 g/mol. The van der Waals surface area contributed by atoms with Crippen LogP contribution in [0.1, 0.15) is 11.1 Å². The molecule has 4 nitrogen and oxygen atoms in total. The molecule has 0 unspecified atom stereocenters. The van der Waals surface area contributed by atoms with E-state index >= 15 is 0 Å². The zero-order valence-corrected chi connectivity index (χ0v) is 15.7. The van der Waals surface area contributed by atoms with Crippen molar-refractivity contribution in [1.82, 2.24) is 4.98 Å². The molecule has 0 radical (unpaired) electrons. The quantitative estimate of drug-likeness (QED) is 0.638. The third-order valence-corrected chi connectivity index (χ3v) is 4.97. The van der Waals surface area contributed by atoms with Crippen LogP contribution in [0.25, 0.3) is 10.9 Å². The predicted molar refractivity (Wildman–Crippen MR) is 104 cm³/mol. The molecule has 0 amide bonds. The summed E-state index contributed by atoms with van der Waals surface area (Å²) in [6.07, 6.45) is 1.95. The van der Waals surface area contributed by atoms with Crippen LogP contribution in [0.5, 0.6) is 0 Å². The van der Waals surface area contributed by atoms with Gasteiger partial charge < -0.3 is 5.32 Å². The number of nitrogens with zero attached hydrogens (tertiary/aromatic N) is 1. The zero-order valence-electron chi connectivity index (χ0n) is 14.2. The van der Waals surface area contributed by atoms with Gasteiger partial charge in [-0.25, -0.2) is 17.8 Å².